The second-order valence-electron chi connectivity index (χ2n) is 6.02. The molecular weight excluding hydrogens is 268 g/mol. The van der Waals surface area contributed by atoms with E-state index in [2.05, 4.69) is 26.7 Å². The Labute approximate surface area is 124 Å². The highest BCUT2D eigenvalue weighted by molar-refractivity contribution is 7.71. The van der Waals surface area contributed by atoms with E-state index >= 15 is 0 Å². The molecule has 0 radical (unpaired) electrons. The van der Waals surface area contributed by atoms with Crippen LogP contribution in [0.2, 0.25) is 0 Å². The molecule has 0 aliphatic heterocycles. The van der Waals surface area contributed by atoms with Gasteiger partial charge in [-0.1, -0.05) is 32.3 Å². The van der Waals surface area contributed by atoms with E-state index in [0.717, 1.165) is 18.1 Å². The fraction of sp³-hybridized carbons (Fsp3) is 0.533. The first-order chi connectivity index (χ1) is 9.68. The van der Waals surface area contributed by atoms with Crippen LogP contribution in [0.4, 0.5) is 0 Å². The molecule has 106 valence electrons. The second kappa shape index (κ2) is 5.48. The fourth-order valence-corrected chi connectivity index (χ4v) is 3.30. The summed E-state index contributed by atoms with van der Waals surface area (Å²) >= 11 is 5.41. The van der Waals surface area contributed by atoms with Gasteiger partial charge in [0.2, 0.25) is 0 Å². The van der Waals surface area contributed by atoms with Crippen molar-refractivity contribution in [3.8, 4) is 11.5 Å². The average molecular weight is 288 g/mol. The summed E-state index contributed by atoms with van der Waals surface area (Å²) in [6.45, 7) is 3.29. The number of hydrogen-bond donors (Lipinski definition) is 1. The largest absolute Gasteiger partial charge is 0.298 e. The zero-order valence-corrected chi connectivity index (χ0v) is 12.6. The van der Waals surface area contributed by atoms with Crippen molar-refractivity contribution in [1.82, 2.24) is 19.7 Å². The number of pyridine rings is 1. The van der Waals surface area contributed by atoms with Gasteiger partial charge in [0.1, 0.15) is 5.69 Å². The van der Waals surface area contributed by atoms with Gasteiger partial charge in [0.05, 0.1) is 0 Å². The Bertz CT molecular complexity index is 623. The zero-order valence-electron chi connectivity index (χ0n) is 11.8. The summed E-state index contributed by atoms with van der Waals surface area (Å²) in [6, 6.07) is 5.87. The van der Waals surface area contributed by atoms with Gasteiger partial charge in [-0.05, 0) is 42.6 Å². The summed E-state index contributed by atoms with van der Waals surface area (Å²) in [5.41, 5.74) is 1.20. The van der Waals surface area contributed by atoms with Crippen LogP contribution in [0, 0.1) is 10.2 Å². The Hall–Kier alpha value is -1.49. The number of rotatable bonds is 3. The molecule has 1 aliphatic rings. The molecule has 0 atom stereocenters. The van der Waals surface area contributed by atoms with Crippen LogP contribution in [0.3, 0.4) is 0 Å². The van der Waals surface area contributed by atoms with Crippen molar-refractivity contribution >= 4 is 12.2 Å². The molecule has 1 saturated carbocycles. The normalized spacial score (nSPS) is 18.1. The summed E-state index contributed by atoms with van der Waals surface area (Å²) in [6.07, 6.45) is 8.32. The molecule has 5 heteroatoms. The molecule has 1 fully saturated rings. The Kier molecular flexibility index (Phi) is 3.70. The van der Waals surface area contributed by atoms with Gasteiger partial charge >= 0.3 is 0 Å². The monoisotopic (exact) mass is 288 g/mol. The number of H-pyrrole nitrogens is 1. The average Bonchev–Trinajstić information content (AvgIpc) is 2.81. The Morgan fingerprint density at radius 2 is 2.10 bits per heavy atom. The molecule has 20 heavy (non-hydrogen) atoms. The predicted molar refractivity (Wildman–Crippen MR) is 81.8 cm³/mol. The topological polar surface area (TPSA) is 46.5 Å². The highest BCUT2D eigenvalue weighted by Gasteiger charge is 2.28. The first-order valence-electron chi connectivity index (χ1n) is 7.25. The number of nitrogens with one attached hydrogen (secondary N) is 1. The molecule has 1 aliphatic carbocycles. The van der Waals surface area contributed by atoms with E-state index in [-0.39, 0.29) is 0 Å². The lowest BCUT2D eigenvalue weighted by Crippen LogP contribution is -2.26. The third-order valence-corrected chi connectivity index (χ3v) is 4.56. The maximum absolute atomic E-state index is 5.41. The van der Waals surface area contributed by atoms with Crippen LogP contribution in [0.15, 0.2) is 24.4 Å². The molecule has 0 spiro atoms. The van der Waals surface area contributed by atoms with Crippen molar-refractivity contribution in [3.63, 3.8) is 0 Å². The standard InChI is InChI=1S/C15H20N4S/c1-15(8-4-2-5-9-15)11-19-13(17-18-14(19)20)12-7-3-6-10-16-12/h3,6-7,10H,2,4-5,8-9,11H2,1H3,(H,18,20). The lowest BCUT2D eigenvalue weighted by molar-refractivity contribution is 0.183. The molecule has 2 aromatic heterocycles. The third-order valence-electron chi connectivity index (χ3n) is 4.25. The molecule has 0 saturated heterocycles. The number of hydrogen-bond acceptors (Lipinski definition) is 3. The Balaban J connectivity index is 1.94. The van der Waals surface area contributed by atoms with Crippen molar-refractivity contribution in [2.45, 2.75) is 45.6 Å². The van der Waals surface area contributed by atoms with Gasteiger partial charge in [0.15, 0.2) is 10.6 Å². The lowest BCUT2D eigenvalue weighted by Gasteiger charge is -2.34. The molecule has 0 aromatic carbocycles. The number of nitrogens with zero attached hydrogens (tertiary/aromatic N) is 3. The van der Waals surface area contributed by atoms with Crippen LogP contribution in [-0.2, 0) is 6.54 Å². The molecule has 3 rings (SSSR count). The van der Waals surface area contributed by atoms with Crippen molar-refractivity contribution in [1.29, 1.82) is 0 Å². The Morgan fingerprint density at radius 3 is 2.80 bits per heavy atom. The molecule has 0 unspecified atom stereocenters. The fourth-order valence-electron chi connectivity index (χ4n) is 3.10. The van der Waals surface area contributed by atoms with E-state index in [1.807, 2.05) is 18.2 Å². The molecule has 2 heterocycles. The summed E-state index contributed by atoms with van der Waals surface area (Å²) in [5.74, 6) is 0.849. The van der Waals surface area contributed by atoms with Gasteiger partial charge in [-0.2, -0.15) is 5.10 Å². The SMILES string of the molecule is CC1(Cn2c(-c3ccccn3)n[nH]c2=S)CCCCC1. The zero-order chi connectivity index (χ0) is 14.0. The molecule has 1 N–H and O–H groups in total. The van der Waals surface area contributed by atoms with Crippen LogP contribution < -0.4 is 0 Å². The van der Waals surface area contributed by atoms with E-state index in [9.17, 15) is 0 Å². The summed E-state index contributed by atoms with van der Waals surface area (Å²) in [7, 11) is 0. The van der Waals surface area contributed by atoms with E-state index < -0.39 is 0 Å². The van der Waals surface area contributed by atoms with Crippen LogP contribution in [-0.4, -0.2) is 19.7 Å². The van der Waals surface area contributed by atoms with E-state index in [4.69, 9.17) is 12.2 Å². The molecular formula is C15H20N4S. The quantitative estimate of drug-likeness (QED) is 0.869. The van der Waals surface area contributed by atoms with Crippen molar-refractivity contribution in [3.05, 3.63) is 29.2 Å². The maximum Gasteiger partial charge on any atom is 0.195 e. The lowest BCUT2D eigenvalue weighted by atomic mass is 9.75. The van der Waals surface area contributed by atoms with E-state index in [0.29, 0.717) is 10.2 Å². The third kappa shape index (κ3) is 2.68. The van der Waals surface area contributed by atoms with Gasteiger partial charge < -0.3 is 0 Å². The first kappa shape index (κ1) is 13.5. The smallest absolute Gasteiger partial charge is 0.195 e. The maximum atomic E-state index is 5.41. The summed E-state index contributed by atoms with van der Waals surface area (Å²) < 4.78 is 2.81. The molecule has 4 nitrogen and oxygen atoms in total. The minimum atomic E-state index is 0.323. The van der Waals surface area contributed by atoms with Crippen molar-refractivity contribution in [2.24, 2.45) is 5.41 Å². The van der Waals surface area contributed by atoms with Gasteiger partial charge in [0, 0.05) is 12.7 Å². The highest BCUT2D eigenvalue weighted by atomic mass is 32.1. The molecule has 0 amide bonds. The number of aromatic amines is 1. The van der Waals surface area contributed by atoms with Crippen LogP contribution in [0.25, 0.3) is 11.5 Å². The van der Waals surface area contributed by atoms with Crippen LogP contribution in [0.5, 0.6) is 0 Å². The van der Waals surface area contributed by atoms with Gasteiger partial charge in [-0.15, -0.1) is 0 Å². The number of aromatic nitrogens is 4. The Morgan fingerprint density at radius 1 is 1.30 bits per heavy atom. The van der Waals surface area contributed by atoms with Gasteiger partial charge in [-0.3, -0.25) is 14.6 Å². The van der Waals surface area contributed by atoms with E-state index in [1.165, 1.54) is 32.1 Å². The molecule has 0 bridgehead atoms. The highest BCUT2D eigenvalue weighted by Crippen LogP contribution is 2.37. The first-order valence-corrected chi connectivity index (χ1v) is 7.65. The van der Waals surface area contributed by atoms with Crippen molar-refractivity contribution < 1.29 is 0 Å². The van der Waals surface area contributed by atoms with Gasteiger partial charge in [-0.25, -0.2) is 0 Å². The minimum Gasteiger partial charge on any atom is -0.298 e. The van der Waals surface area contributed by atoms with Crippen LogP contribution >= 0.6 is 12.2 Å². The predicted octanol–water partition coefficient (Wildman–Crippen LogP) is 3.97. The second-order valence-corrected chi connectivity index (χ2v) is 6.41. The van der Waals surface area contributed by atoms with Crippen LogP contribution in [0.1, 0.15) is 39.0 Å². The summed E-state index contributed by atoms with van der Waals surface area (Å²) in [5, 5.41) is 7.28. The van der Waals surface area contributed by atoms with E-state index in [1.54, 1.807) is 6.20 Å². The van der Waals surface area contributed by atoms with Gasteiger partial charge in [0.25, 0.3) is 0 Å². The van der Waals surface area contributed by atoms with Crippen molar-refractivity contribution in [2.75, 3.05) is 0 Å². The minimum absolute atomic E-state index is 0.323. The summed E-state index contributed by atoms with van der Waals surface area (Å²) in [4.78, 5) is 4.39. The molecule has 2 aromatic rings.